The van der Waals surface area contributed by atoms with Crippen molar-refractivity contribution in [2.24, 2.45) is 7.05 Å². The lowest BCUT2D eigenvalue weighted by molar-refractivity contribution is 0.683. The molecule has 4 rings (SSSR count). The van der Waals surface area contributed by atoms with E-state index in [1.54, 1.807) is 0 Å². The van der Waals surface area contributed by atoms with Crippen LogP contribution in [0.2, 0.25) is 0 Å². The van der Waals surface area contributed by atoms with Crippen molar-refractivity contribution < 1.29 is 0 Å². The van der Waals surface area contributed by atoms with Gasteiger partial charge in [0, 0.05) is 42.9 Å². The zero-order valence-corrected chi connectivity index (χ0v) is 12.3. The summed E-state index contributed by atoms with van der Waals surface area (Å²) in [5.41, 5.74) is 3.77. The Morgan fingerprint density at radius 3 is 2.86 bits per heavy atom. The number of aryl methyl sites for hydroxylation is 1. The Balaban J connectivity index is 1.66. The molecular formula is C17H20N4. The van der Waals surface area contributed by atoms with E-state index in [1.165, 1.54) is 29.3 Å². The van der Waals surface area contributed by atoms with Gasteiger partial charge in [-0.3, -0.25) is 4.68 Å². The van der Waals surface area contributed by atoms with Gasteiger partial charge in [0.25, 0.3) is 0 Å². The van der Waals surface area contributed by atoms with Crippen LogP contribution in [0.25, 0.3) is 10.9 Å². The van der Waals surface area contributed by atoms with Crippen LogP contribution >= 0.6 is 0 Å². The highest BCUT2D eigenvalue weighted by atomic mass is 15.3. The predicted octanol–water partition coefficient (Wildman–Crippen LogP) is 2.68. The summed E-state index contributed by atoms with van der Waals surface area (Å²) in [6.45, 7) is 1.78. The average Bonchev–Trinajstić information content (AvgIpc) is 3.15. The van der Waals surface area contributed by atoms with Gasteiger partial charge in [-0.2, -0.15) is 5.10 Å². The summed E-state index contributed by atoms with van der Waals surface area (Å²) in [4.78, 5) is 0. The Hall–Kier alpha value is -2.07. The molecule has 0 unspecified atom stereocenters. The Bertz CT molecular complexity index is 764. The first-order valence-corrected chi connectivity index (χ1v) is 7.58. The zero-order valence-electron chi connectivity index (χ0n) is 12.3. The molecule has 4 nitrogen and oxygen atoms in total. The molecule has 4 heteroatoms. The molecule has 1 N–H and O–H groups in total. The van der Waals surface area contributed by atoms with Crippen LogP contribution in [0.5, 0.6) is 0 Å². The van der Waals surface area contributed by atoms with E-state index in [0.717, 1.165) is 24.8 Å². The fourth-order valence-corrected chi connectivity index (χ4v) is 2.86. The van der Waals surface area contributed by atoms with Crippen LogP contribution in [0.4, 0.5) is 0 Å². The van der Waals surface area contributed by atoms with Crippen LogP contribution in [0.1, 0.15) is 24.1 Å². The molecular weight excluding hydrogens is 260 g/mol. The maximum atomic E-state index is 4.49. The first-order chi connectivity index (χ1) is 10.3. The second-order valence-electron chi connectivity index (χ2n) is 5.94. The number of nitrogens with zero attached hydrogens (tertiary/aromatic N) is 3. The Kier molecular flexibility index (Phi) is 3.04. The van der Waals surface area contributed by atoms with Gasteiger partial charge in [-0.05, 0) is 30.5 Å². The van der Waals surface area contributed by atoms with E-state index in [9.17, 15) is 0 Å². The van der Waals surface area contributed by atoms with Gasteiger partial charge in [0.1, 0.15) is 0 Å². The summed E-state index contributed by atoms with van der Waals surface area (Å²) in [6, 6.07) is 11.5. The van der Waals surface area contributed by atoms with Gasteiger partial charge >= 0.3 is 0 Å². The third kappa shape index (κ3) is 2.59. The molecule has 21 heavy (non-hydrogen) atoms. The first-order valence-electron chi connectivity index (χ1n) is 7.58. The molecule has 0 aliphatic heterocycles. The Labute approximate surface area is 124 Å². The highest BCUT2D eigenvalue weighted by Gasteiger charge is 2.20. The second-order valence-corrected chi connectivity index (χ2v) is 5.94. The molecule has 1 saturated carbocycles. The lowest BCUT2D eigenvalue weighted by atomic mass is 10.2. The van der Waals surface area contributed by atoms with E-state index in [-0.39, 0.29) is 0 Å². The minimum atomic E-state index is 0.739. The van der Waals surface area contributed by atoms with E-state index >= 15 is 0 Å². The number of hydrogen-bond donors (Lipinski definition) is 1. The van der Waals surface area contributed by atoms with Gasteiger partial charge in [-0.15, -0.1) is 0 Å². The lowest BCUT2D eigenvalue weighted by Crippen LogP contribution is -2.14. The van der Waals surface area contributed by atoms with Crippen LogP contribution < -0.4 is 5.32 Å². The van der Waals surface area contributed by atoms with Crippen molar-refractivity contribution in [2.75, 3.05) is 0 Å². The smallest absolute Gasteiger partial charge is 0.0821 e. The monoisotopic (exact) mass is 280 g/mol. The molecule has 1 fully saturated rings. The first kappa shape index (κ1) is 12.7. The van der Waals surface area contributed by atoms with E-state index in [1.807, 2.05) is 17.9 Å². The summed E-state index contributed by atoms with van der Waals surface area (Å²) in [5, 5.41) is 9.45. The third-order valence-corrected chi connectivity index (χ3v) is 4.13. The number of hydrogen-bond acceptors (Lipinski definition) is 2. The molecule has 0 radical (unpaired) electrons. The molecule has 0 amide bonds. The molecule has 0 saturated heterocycles. The zero-order chi connectivity index (χ0) is 14.2. The van der Waals surface area contributed by atoms with Crippen LogP contribution in [0, 0.1) is 0 Å². The van der Waals surface area contributed by atoms with E-state index in [0.29, 0.717) is 0 Å². The Morgan fingerprint density at radius 1 is 1.24 bits per heavy atom. The third-order valence-electron chi connectivity index (χ3n) is 4.13. The molecule has 1 aliphatic rings. The second kappa shape index (κ2) is 5.04. The number of para-hydroxylation sites is 1. The van der Waals surface area contributed by atoms with Gasteiger partial charge in [-0.25, -0.2) is 0 Å². The maximum Gasteiger partial charge on any atom is 0.0821 e. The van der Waals surface area contributed by atoms with Gasteiger partial charge in [0.15, 0.2) is 0 Å². The predicted molar refractivity (Wildman–Crippen MR) is 84.1 cm³/mol. The van der Waals surface area contributed by atoms with Gasteiger partial charge < -0.3 is 9.88 Å². The summed E-state index contributed by atoms with van der Waals surface area (Å²) in [7, 11) is 1.96. The van der Waals surface area contributed by atoms with Crippen molar-refractivity contribution in [1.82, 2.24) is 19.7 Å². The highest BCUT2D eigenvalue weighted by Crippen LogP contribution is 2.24. The van der Waals surface area contributed by atoms with Crippen LogP contribution in [-0.4, -0.2) is 20.4 Å². The van der Waals surface area contributed by atoms with Crippen LogP contribution in [0.3, 0.4) is 0 Å². The largest absolute Gasteiger partial charge is 0.341 e. The molecule has 3 aromatic rings. The molecule has 1 aromatic carbocycles. The summed E-state index contributed by atoms with van der Waals surface area (Å²) in [6.07, 6.45) is 6.92. The van der Waals surface area contributed by atoms with E-state index in [4.69, 9.17) is 0 Å². The highest BCUT2D eigenvalue weighted by molar-refractivity contribution is 5.84. The van der Waals surface area contributed by atoms with Crippen LogP contribution in [0.15, 0.2) is 42.7 Å². The molecule has 2 aromatic heterocycles. The molecule has 1 aliphatic carbocycles. The lowest BCUT2D eigenvalue weighted by Gasteiger charge is -2.02. The molecule has 0 spiro atoms. The molecule has 2 heterocycles. The van der Waals surface area contributed by atoms with Crippen LogP contribution in [-0.2, 0) is 20.1 Å². The van der Waals surface area contributed by atoms with Gasteiger partial charge in [0.05, 0.1) is 12.2 Å². The summed E-state index contributed by atoms with van der Waals surface area (Å²) < 4.78 is 4.16. The Morgan fingerprint density at radius 2 is 2.10 bits per heavy atom. The number of nitrogens with one attached hydrogen (secondary N) is 1. The standard InChI is InChI=1S/C17H20N4/c1-20-9-8-15(19-20)12-21-11-13(10-18-14-6-7-14)16-4-2-3-5-17(16)21/h2-5,8-9,11,14,18H,6-7,10,12H2,1H3. The number of aromatic nitrogens is 3. The number of rotatable bonds is 5. The number of fused-ring (bicyclic) bond motifs is 1. The van der Waals surface area contributed by atoms with Crippen molar-refractivity contribution in [2.45, 2.75) is 32.0 Å². The quantitative estimate of drug-likeness (QED) is 0.780. The van der Waals surface area contributed by atoms with E-state index < -0.39 is 0 Å². The minimum absolute atomic E-state index is 0.739. The summed E-state index contributed by atoms with van der Waals surface area (Å²) >= 11 is 0. The maximum absolute atomic E-state index is 4.49. The van der Waals surface area contributed by atoms with Crippen molar-refractivity contribution in [3.8, 4) is 0 Å². The number of benzene rings is 1. The fraction of sp³-hybridized carbons (Fsp3) is 0.353. The molecule has 0 atom stereocenters. The van der Waals surface area contributed by atoms with Crippen molar-refractivity contribution in [3.05, 3.63) is 54.0 Å². The van der Waals surface area contributed by atoms with Gasteiger partial charge in [0.2, 0.25) is 0 Å². The normalized spacial score (nSPS) is 14.9. The fourth-order valence-electron chi connectivity index (χ4n) is 2.86. The van der Waals surface area contributed by atoms with Gasteiger partial charge in [-0.1, -0.05) is 18.2 Å². The molecule has 108 valence electrons. The summed E-state index contributed by atoms with van der Waals surface area (Å²) in [5.74, 6) is 0. The van der Waals surface area contributed by atoms with E-state index in [2.05, 4.69) is 51.5 Å². The van der Waals surface area contributed by atoms with Crippen molar-refractivity contribution >= 4 is 10.9 Å². The SMILES string of the molecule is Cn1ccc(Cn2cc(CNC3CC3)c3ccccc32)n1. The average molecular weight is 280 g/mol. The molecule has 0 bridgehead atoms. The topological polar surface area (TPSA) is 34.8 Å². The van der Waals surface area contributed by atoms with Crippen molar-refractivity contribution in [3.63, 3.8) is 0 Å². The minimum Gasteiger partial charge on any atom is -0.341 e. The van der Waals surface area contributed by atoms with Crippen molar-refractivity contribution in [1.29, 1.82) is 0 Å².